The van der Waals surface area contributed by atoms with Crippen LogP contribution in [-0.2, 0) is 0 Å². The van der Waals surface area contributed by atoms with Crippen molar-refractivity contribution in [1.82, 2.24) is 19.9 Å². The van der Waals surface area contributed by atoms with Crippen molar-refractivity contribution in [1.29, 1.82) is 0 Å². The fraction of sp³-hybridized carbons (Fsp3) is 0.556. The summed E-state index contributed by atoms with van der Waals surface area (Å²) in [6.45, 7) is 0. The number of anilines is 2. The van der Waals surface area contributed by atoms with Crippen molar-refractivity contribution >= 4 is 23.5 Å². The third-order valence-corrected chi connectivity index (χ3v) is 5.26. The van der Waals surface area contributed by atoms with Gasteiger partial charge in [0, 0.05) is 37.8 Å². The lowest BCUT2D eigenvalue weighted by Crippen LogP contribution is -2.23. The SMILES string of the molecule is FC1(F)CCC(Nc2nc(NC3CCC(F)(F)C3)nc(-c3cccc(Cl)n3)n2)C1. The van der Waals surface area contributed by atoms with Gasteiger partial charge in [-0.25, -0.2) is 22.5 Å². The van der Waals surface area contributed by atoms with Crippen molar-refractivity contribution in [2.75, 3.05) is 10.6 Å². The molecule has 0 aromatic carbocycles. The van der Waals surface area contributed by atoms with E-state index in [2.05, 4.69) is 30.6 Å². The van der Waals surface area contributed by atoms with Crippen LogP contribution in [0.25, 0.3) is 11.5 Å². The molecule has 0 bridgehead atoms. The lowest BCUT2D eigenvalue weighted by molar-refractivity contribution is 0.00781. The molecule has 0 saturated heterocycles. The number of halogens is 5. The van der Waals surface area contributed by atoms with Crippen molar-refractivity contribution in [2.24, 2.45) is 0 Å². The van der Waals surface area contributed by atoms with Gasteiger partial charge in [0.1, 0.15) is 10.8 Å². The number of nitrogens with one attached hydrogen (secondary N) is 2. The summed E-state index contributed by atoms with van der Waals surface area (Å²) in [7, 11) is 0. The molecule has 2 aliphatic rings. The van der Waals surface area contributed by atoms with Crippen LogP contribution < -0.4 is 10.6 Å². The predicted octanol–water partition coefficient (Wildman–Crippen LogP) is 4.79. The maximum absolute atomic E-state index is 13.5. The Morgan fingerprint density at radius 1 is 0.828 bits per heavy atom. The molecular weight excluding hydrogens is 412 g/mol. The standard InChI is InChI=1S/C18H19ClF4N6/c19-13-3-1-2-12(26-13)14-27-15(24-10-4-6-17(20,21)8-10)29-16(28-14)25-11-5-7-18(22,23)9-11/h1-3,10-11H,4-9H2,(H2,24,25,27,28,29). The lowest BCUT2D eigenvalue weighted by atomic mass is 10.2. The zero-order chi connectivity index (χ0) is 20.6. The Hall–Kier alpha value is -2.23. The van der Waals surface area contributed by atoms with Crippen LogP contribution in [0.1, 0.15) is 38.5 Å². The maximum atomic E-state index is 13.5. The molecule has 2 atom stereocenters. The summed E-state index contributed by atoms with van der Waals surface area (Å²) in [6.07, 6.45) is -0.494. The monoisotopic (exact) mass is 430 g/mol. The number of alkyl halides is 4. The van der Waals surface area contributed by atoms with Gasteiger partial charge in [0.05, 0.1) is 0 Å². The van der Waals surface area contributed by atoms with Crippen molar-refractivity contribution in [3.63, 3.8) is 0 Å². The Kier molecular flexibility index (Phi) is 5.22. The topological polar surface area (TPSA) is 75.6 Å². The normalized spacial score (nSPS) is 25.1. The third-order valence-electron chi connectivity index (χ3n) is 5.05. The fourth-order valence-electron chi connectivity index (χ4n) is 3.66. The minimum Gasteiger partial charge on any atom is -0.351 e. The molecule has 29 heavy (non-hydrogen) atoms. The molecule has 2 heterocycles. The van der Waals surface area contributed by atoms with Crippen LogP contribution in [0.15, 0.2) is 18.2 Å². The molecular formula is C18H19ClF4N6. The number of hydrogen-bond acceptors (Lipinski definition) is 6. The van der Waals surface area contributed by atoms with Crippen molar-refractivity contribution in [2.45, 2.75) is 62.5 Å². The molecule has 2 aromatic rings. The number of pyridine rings is 1. The number of rotatable bonds is 5. The average Bonchev–Trinajstić information content (AvgIpc) is 3.15. The molecule has 2 N–H and O–H groups in total. The first kappa shape index (κ1) is 20.1. The van der Waals surface area contributed by atoms with E-state index >= 15 is 0 Å². The van der Waals surface area contributed by atoms with Crippen LogP contribution in [0, 0.1) is 0 Å². The predicted molar refractivity (Wildman–Crippen MR) is 100 cm³/mol. The zero-order valence-corrected chi connectivity index (χ0v) is 16.1. The number of nitrogens with zero attached hydrogens (tertiary/aromatic N) is 4. The maximum Gasteiger partial charge on any atom is 0.250 e. The van der Waals surface area contributed by atoms with Crippen molar-refractivity contribution < 1.29 is 17.6 Å². The summed E-state index contributed by atoms with van der Waals surface area (Å²) >= 11 is 5.93. The molecule has 0 radical (unpaired) electrons. The Morgan fingerprint density at radius 2 is 1.38 bits per heavy atom. The van der Waals surface area contributed by atoms with E-state index in [1.165, 1.54) is 0 Å². The van der Waals surface area contributed by atoms with Gasteiger partial charge in [-0.1, -0.05) is 17.7 Å². The molecule has 4 rings (SSSR count). The summed E-state index contributed by atoms with van der Waals surface area (Å²) in [4.78, 5) is 16.9. The molecule has 2 fully saturated rings. The van der Waals surface area contributed by atoms with Gasteiger partial charge in [-0.2, -0.15) is 15.0 Å². The van der Waals surface area contributed by atoms with Crippen LogP contribution in [0.3, 0.4) is 0 Å². The Labute approximate surface area is 169 Å². The third kappa shape index (κ3) is 5.04. The minimum absolute atomic E-state index is 0.0896. The highest BCUT2D eigenvalue weighted by molar-refractivity contribution is 6.29. The van der Waals surface area contributed by atoms with Gasteiger partial charge < -0.3 is 10.6 Å². The summed E-state index contributed by atoms with van der Waals surface area (Å²) in [5, 5.41) is 6.06. The second-order valence-electron chi connectivity index (χ2n) is 7.53. The van der Waals surface area contributed by atoms with Gasteiger partial charge in [0.15, 0.2) is 5.82 Å². The van der Waals surface area contributed by atoms with Gasteiger partial charge >= 0.3 is 0 Å². The number of hydrogen-bond donors (Lipinski definition) is 2. The van der Waals surface area contributed by atoms with E-state index in [1.54, 1.807) is 18.2 Å². The second-order valence-corrected chi connectivity index (χ2v) is 7.92. The van der Waals surface area contributed by atoms with E-state index in [9.17, 15) is 17.6 Å². The smallest absolute Gasteiger partial charge is 0.250 e. The van der Waals surface area contributed by atoms with Crippen LogP contribution in [0.5, 0.6) is 0 Å². The van der Waals surface area contributed by atoms with Gasteiger partial charge in [0.25, 0.3) is 0 Å². The van der Waals surface area contributed by atoms with E-state index < -0.39 is 23.9 Å². The van der Waals surface area contributed by atoms with Gasteiger partial charge in [-0.3, -0.25) is 0 Å². The summed E-state index contributed by atoms with van der Waals surface area (Å²) < 4.78 is 54.0. The van der Waals surface area contributed by atoms with E-state index in [0.717, 1.165) is 0 Å². The van der Waals surface area contributed by atoms with E-state index in [0.29, 0.717) is 5.69 Å². The van der Waals surface area contributed by atoms with E-state index in [1.807, 2.05) is 0 Å². The highest BCUT2D eigenvalue weighted by Crippen LogP contribution is 2.37. The van der Waals surface area contributed by atoms with Crippen LogP contribution in [0.4, 0.5) is 29.5 Å². The zero-order valence-electron chi connectivity index (χ0n) is 15.3. The molecule has 0 amide bonds. The molecule has 0 spiro atoms. The quantitative estimate of drug-likeness (QED) is 0.525. The highest BCUT2D eigenvalue weighted by Gasteiger charge is 2.41. The van der Waals surface area contributed by atoms with Gasteiger partial charge in [-0.05, 0) is 25.0 Å². The Balaban J connectivity index is 1.60. The van der Waals surface area contributed by atoms with Crippen LogP contribution in [-0.4, -0.2) is 43.9 Å². The second kappa shape index (κ2) is 7.55. The molecule has 11 heteroatoms. The summed E-state index contributed by atoms with van der Waals surface area (Å²) in [6, 6.07) is 3.92. The molecule has 2 aromatic heterocycles. The highest BCUT2D eigenvalue weighted by atomic mass is 35.5. The van der Waals surface area contributed by atoms with E-state index in [4.69, 9.17) is 11.6 Å². The van der Waals surface area contributed by atoms with E-state index in [-0.39, 0.29) is 61.4 Å². The van der Waals surface area contributed by atoms with Crippen LogP contribution >= 0.6 is 11.6 Å². The molecule has 156 valence electrons. The summed E-state index contributed by atoms with van der Waals surface area (Å²) in [5.74, 6) is -5.10. The fourth-order valence-corrected chi connectivity index (χ4v) is 3.83. The number of aromatic nitrogens is 4. The lowest BCUT2D eigenvalue weighted by Gasteiger charge is -2.16. The first-order valence-electron chi connectivity index (χ1n) is 9.35. The van der Waals surface area contributed by atoms with Crippen molar-refractivity contribution in [3.05, 3.63) is 23.4 Å². The Morgan fingerprint density at radius 3 is 1.83 bits per heavy atom. The summed E-state index contributed by atoms with van der Waals surface area (Å²) in [5.41, 5.74) is 0.361. The molecule has 2 saturated carbocycles. The first-order valence-corrected chi connectivity index (χ1v) is 9.73. The molecule has 2 unspecified atom stereocenters. The van der Waals surface area contributed by atoms with Crippen LogP contribution in [0.2, 0.25) is 5.15 Å². The van der Waals surface area contributed by atoms with Gasteiger partial charge in [0.2, 0.25) is 23.7 Å². The largest absolute Gasteiger partial charge is 0.351 e. The Bertz CT molecular complexity index is 850. The van der Waals surface area contributed by atoms with Crippen molar-refractivity contribution in [3.8, 4) is 11.5 Å². The molecule has 0 aliphatic heterocycles. The van der Waals surface area contributed by atoms with Gasteiger partial charge in [-0.15, -0.1) is 0 Å². The molecule has 6 nitrogen and oxygen atoms in total. The molecule has 2 aliphatic carbocycles. The first-order chi connectivity index (χ1) is 13.7. The minimum atomic E-state index is -2.72. The average molecular weight is 431 g/mol.